The highest BCUT2D eigenvalue weighted by molar-refractivity contribution is 5.33. The lowest BCUT2D eigenvalue weighted by atomic mass is 10.2. The number of aliphatic hydroxyl groups excluding tert-OH is 1. The van der Waals surface area contributed by atoms with E-state index in [0.717, 1.165) is 12.1 Å². The van der Waals surface area contributed by atoms with Crippen LogP contribution < -0.4 is 5.32 Å². The van der Waals surface area contributed by atoms with E-state index in [1.807, 2.05) is 35.6 Å². The van der Waals surface area contributed by atoms with Crippen molar-refractivity contribution in [3.8, 4) is 11.8 Å². The number of hydrogen-bond acceptors (Lipinski definition) is 1. The van der Waals surface area contributed by atoms with Crippen molar-refractivity contribution in [1.29, 1.82) is 0 Å². The van der Waals surface area contributed by atoms with Crippen molar-refractivity contribution in [1.82, 2.24) is 0 Å². The highest BCUT2D eigenvalue weighted by atomic mass is 16.3. The molecule has 3 N–H and O–H groups in total. The smallest absolute Gasteiger partial charge is 0.138 e. The zero-order valence-corrected chi connectivity index (χ0v) is 8.40. The Labute approximate surface area is 85.0 Å². The lowest BCUT2D eigenvalue weighted by Gasteiger charge is -1.98. The molecule has 0 saturated carbocycles. The zero-order valence-electron chi connectivity index (χ0n) is 8.40. The molecular weight excluding hydrogens is 174 g/mol. The summed E-state index contributed by atoms with van der Waals surface area (Å²) in [5.74, 6) is 6.10. The first kappa shape index (κ1) is 10.8. The summed E-state index contributed by atoms with van der Waals surface area (Å²) in [6.07, 6.45) is -0.256. The van der Waals surface area contributed by atoms with Gasteiger partial charge in [-0.05, 0) is 25.0 Å². The summed E-state index contributed by atoms with van der Waals surface area (Å²) in [4.78, 5) is 0. The summed E-state index contributed by atoms with van der Waals surface area (Å²) in [5.41, 5.74) is 1.04. The molecule has 1 aromatic rings. The Balaban J connectivity index is 2.28. The Hall–Kier alpha value is -1.30. The Bertz CT molecular complexity index is 308. The molecule has 0 aliphatic rings. The summed E-state index contributed by atoms with van der Waals surface area (Å²) < 4.78 is 0. The summed E-state index contributed by atoms with van der Waals surface area (Å²) in [5, 5.41) is 11.0. The molecule has 74 valence electrons. The van der Waals surface area contributed by atoms with Gasteiger partial charge in [0.15, 0.2) is 0 Å². The lowest BCUT2D eigenvalue weighted by molar-refractivity contribution is -0.649. The summed E-state index contributed by atoms with van der Waals surface area (Å²) in [6.45, 7) is 3.23. The summed E-state index contributed by atoms with van der Waals surface area (Å²) in [6, 6.07) is 9.90. The monoisotopic (exact) mass is 190 g/mol. The van der Waals surface area contributed by atoms with Gasteiger partial charge in [-0.2, -0.15) is 0 Å². The topological polar surface area (TPSA) is 36.8 Å². The minimum Gasteiger partial charge on any atom is -0.388 e. The van der Waals surface area contributed by atoms with Gasteiger partial charge < -0.3 is 10.4 Å². The molecule has 0 saturated heterocycles. The summed E-state index contributed by atoms with van der Waals surface area (Å²) >= 11 is 0. The van der Waals surface area contributed by atoms with Crippen LogP contribution in [0.1, 0.15) is 12.5 Å². The average Bonchev–Trinajstić information content (AvgIpc) is 2.18. The van der Waals surface area contributed by atoms with Crippen LogP contribution in [0.3, 0.4) is 0 Å². The minimum absolute atomic E-state index is 0.256. The molecular formula is C12H16NO+. The molecule has 2 nitrogen and oxygen atoms in total. The zero-order chi connectivity index (χ0) is 10.2. The maximum atomic E-state index is 8.99. The first-order valence-electron chi connectivity index (χ1n) is 4.82. The van der Waals surface area contributed by atoms with E-state index in [9.17, 15) is 0 Å². The van der Waals surface area contributed by atoms with Crippen molar-refractivity contribution >= 4 is 0 Å². The first-order chi connectivity index (χ1) is 6.79. The van der Waals surface area contributed by atoms with E-state index in [0.29, 0.717) is 6.54 Å². The molecule has 2 heteroatoms. The lowest BCUT2D eigenvalue weighted by Crippen LogP contribution is -2.86. The molecule has 0 aliphatic carbocycles. The maximum Gasteiger partial charge on any atom is 0.138 e. The molecule has 0 radical (unpaired) electrons. The molecule has 1 atom stereocenters. The van der Waals surface area contributed by atoms with E-state index in [1.54, 1.807) is 6.92 Å². The normalized spacial score (nSPS) is 11.6. The van der Waals surface area contributed by atoms with Crippen molar-refractivity contribution in [3.05, 3.63) is 35.9 Å². The number of quaternary nitrogens is 1. The molecule has 0 bridgehead atoms. The fraction of sp³-hybridized carbons (Fsp3) is 0.333. The number of benzene rings is 1. The van der Waals surface area contributed by atoms with Gasteiger partial charge in [0.05, 0.1) is 6.10 Å². The Kier molecular flexibility index (Phi) is 4.77. The van der Waals surface area contributed by atoms with Crippen LogP contribution >= 0.6 is 0 Å². The van der Waals surface area contributed by atoms with Crippen molar-refractivity contribution in [2.75, 3.05) is 13.1 Å². The van der Waals surface area contributed by atoms with Gasteiger partial charge in [0.25, 0.3) is 0 Å². The van der Waals surface area contributed by atoms with Gasteiger partial charge in [-0.25, -0.2) is 0 Å². The molecule has 14 heavy (non-hydrogen) atoms. The van der Waals surface area contributed by atoms with Crippen LogP contribution in [-0.4, -0.2) is 24.3 Å². The molecule has 0 unspecified atom stereocenters. The number of nitrogens with two attached hydrogens (primary N) is 1. The van der Waals surface area contributed by atoms with Gasteiger partial charge in [-0.3, -0.25) is 0 Å². The van der Waals surface area contributed by atoms with Gasteiger partial charge in [0, 0.05) is 5.56 Å². The highest BCUT2D eigenvalue weighted by Gasteiger charge is 1.94. The molecule has 0 fully saturated rings. The second kappa shape index (κ2) is 6.20. The fourth-order valence-electron chi connectivity index (χ4n) is 1.07. The molecule has 0 amide bonds. The van der Waals surface area contributed by atoms with Crippen LogP contribution in [0.15, 0.2) is 30.3 Å². The van der Waals surface area contributed by atoms with Crippen LogP contribution in [0.25, 0.3) is 0 Å². The predicted octanol–water partition coefficient (Wildman–Crippen LogP) is -0.0177. The van der Waals surface area contributed by atoms with Crippen molar-refractivity contribution in [3.63, 3.8) is 0 Å². The van der Waals surface area contributed by atoms with E-state index in [-0.39, 0.29) is 6.10 Å². The van der Waals surface area contributed by atoms with Crippen LogP contribution in [0.4, 0.5) is 0 Å². The average molecular weight is 190 g/mol. The van der Waals surface area contributed by atoms with Crippen molar-refractivity contribution < 1.29 is 10.4 Å². The third-order valence-corrected chi connectivity index (χ3v) is 1.76. The van der Waals surface area contributed by atoms with E-state index < -0.39 is 0 Å². The quantitative estimate of drug-likeness (QED) is 0.510. The number of aliphatic hydroxyl groups is 1. The van der Waals surface area contributed by atoms with Gasteiger partial charge in [-0.1, -0.05) is 24.1 Å². The van der Waals surface area contributed by atoms with Gasteiger partial charge in [0.2, 0.25) is 0 Å². The minimum atomic E-state index is -0.256. The Morgan fingerprint density at radius 3 is 2.71 bits per heavy atom. The van der Waals surface area contributed by atoms with Crippen molar-refractivity contribution in [2.45, 2.75) is 13.0 Å². The van der Waals surface area contributed by atoms with Crippen LogP contribution in [0.5, 0.6) is 0 Å². The maximum absolute atomic E-state index is 8.99. The van der Waals surface area contributed by atoms with E-state index in [1.165, 1.54) is 0 Å². The molecule has 0 aliphatic heterocycles. The first-order valence-corrected chi connectivity index (χ1v) is 4.82. The standard InChI is InChI=1S/C12H15NO/c1-11(14)10-13-9-5-8-12-6-3-2-4-7-12/h2-4,6-7,11,13-14H,9-10H2,1H3/p+1/t11-/m0/s1. The SMILES string of the molecule is C[C@H](O)C[NH2+]CC#Cc1ccccc1. The van der Waals surface area contributed by atoms with E-state index in [4.69, 9.17) is 5.11 Å². The second-order valence-corrected chi connectivity index (χ2v) is 3.25. The molecule has 1 aromatic carbocycles. The third kappa shape index (κ3) is 4.66. The van der Waals surface area contributed by atoms with Crippen LogP contribution in [-0.2, 0) is 0 Å². The molecule has 0 heterocycles. The van der Waals surface area contributed by atoms with Crippen LogP contribution in [0.2, 0.25) is 0 Å². The Morgan fingerprint density at radius 2 is 2.07 bits per heavy atom. The fourth-order valence-corrected chi connectivity index (χ4v) is 1.07. The largest absolute Gasteiger partial charge is 0.388 e. The van der Waals surface area contributed by atoms with Crippen molar-refractivity contribution in [2.24, 2.45) is 0 Å². The van der Waals surface area contributed by atoms with Gasteiger partial charge >= 0.3 is 0 Å². The third-order valence-electron chi connectivity index (χ3n) is 1.76. The summed E-state index contributed by atoms with van der Waals surface area (Å²) in [7, 11) is 0. The molecule has 0 aromatic heterocycles. The number of rotatable bonds is 3. The Morgan fingerprint density at radius 1 is 1.36 bits per heavy atom. The molecule has 1 rings (SSSR count). The number of hydrogen-bond donors (Lipinski definition) is 2. The highest BCUT2D eigenvalue weighted by Crippen LogP contribution is 1.93. The predicted molar refractivity (Wildman–Crippen MR) is 56.7 cm³/mol. The molecule has 0 spiro atoms. The van der Waals surface area contributed by atoms with Gasteiger partial charge in [0.1, 0.15) is 13.1 Å². The second-order valence-electron chi connectivity index (χ2n) is 3.25. The van der Waals surface area contributed by atoms with Gasteiger partial charge in [-0.15, -0.1) is 0 Å². The van der Waals surface area contributed by atoms with E-state index in [2.05, 4.69) is 11.8 Å². The van der Waals surface area contributed by atoms with Crippen LogP contribution in [0, 0.1) is 11.8 Å². The van der Waals surface area contributed by atoms with E-state index >= 15 is 0 Å².